The average Bonchev–Trinajstić information content (AvgIpc) is 3.06. The van der Waals surface area contributed by atoms with Gasteiger partial charge in [-0.25, -0.2) is 4.99 Å². The minimum Gasteiger partial charge on any atom is -0.507 e. The first-order chi connectivity index (χ1) is 13.7. The van der Waals surface area contributed by atoms with E-state index >= 15 is 0 Å². The quantitative estimate of drug-likeness (QED) is 0.645. The maximum absolute atomic E-state index is 10.2. The summed E-state index contributed by atoms with van der Waals surface area (Å²) in [6.07, 6.45) is 2.52. The fourth-order valence-corrected chi connectivity index (χ4v) is 4.72. The molecule has 0 bridgehead atoms. The van der Waals surface area contributed by atoms with Crippen LogP contribution in [0.25, 0.3) is 0 Å². The van der Waals surface area contributed by atoms with Gasteiger partial charge in [-0.15, -0.1) is 11.3 Å². The third kappa shape index (κ3) is 3.70. The molecule has 2 aromatic carbocycles. The molecule has 0 radical (unpaired) electrons. The standard InChI is InChI=1S/C23H21N3OS/c1-16-6-5-9-18(22(16)27)13-25-23-20(12-24)19-10-11-26(15-21(19)28-23)14-17-7-3-2-4-8-17/h2-9,13,27H,10-11,14-15H2,1H3/b25-13+. The average molecular weight is 388 g/mol. The van der Waals surface area contributed by atoms with Crippen molar-refractivity contribution in [2.75, 3.05) is 6.54 Å². The second kappa shape index (κ2) is 7.97. The molecule has 0 saturated heterocycles. The smallest absolute Gasteiger partial charge is 0.134 e. The van der Waals surface area contributed by atoms with Crippen molar-refractivity contribution in [3.05, 3.63) is 81.2 Å². The van der Waals surface area contributed by atoms with E-state index in [2.05, 4.69) is 40.2 Å². The number of phenolic OH excluding ortho intramolecular Hbond substituents is 1. The van der Waals surface area contributed by atoms with E-state index in [0.717, 1.165) is 42.2 Å². The molecule has 1 N–H and O–H groups in total. The van der Waals surface area contributed by atoms with Crippen LogP contribution in [0.3, 0.4) is 0 Å². The van der Waals surface area contributed by atoms with Crippen molar-refractivity contribution in [3.63, 3.8) is 0 Å². The second-order valence-corrected chi connectivity index (χ2v) is 8.10. The molecule has 2 heterocycles. The number of aromatic hydroxyl groups is 1. The lowest BCUT2D eigenvalue weighted by atomic mass is 10.0. The number of hydrogen-bond acceptors (Lipinski definition) is 5. The number of phenols is 1. The van der Waals surface area contributed by atoms with Gasteiger partial charge < -0.3 is 5.11 Å². The highest BCUT2D eigenvalue weighted by atomic mass is 32.1. The fourth-order valence-electron chi connectivity index (χ4n) is 3.54. The third-order valence-electron chi connectivity index (χ3n) is 5.07. The van der Waals surface area contributed by atoms with E-state index in [1.54, 1.807) is 17.6 Å². The Labute approximate surface area is 169 Å². The minimum absolute atomic E-state index is 0.236. The van der Waals surface area contributed by atoms with E-state index in [1.807, 2.05) is 31.2 Å². The zero-order valence-corrected chi connectivity index (χ0v) is 16.5. The lowest BCUT2D eigenvalue weighted by Crippen LogP contribution is -2.29. The van der Waals surface area contributed by atoms with Crippen molar-refractivity contribution >= 4 is 22.6 Å². The number of aliphatic imine (C=N–C) groups is 1. The Bertz CT molecular complexity index is 1060. The number of para-hydroxylation sites is 1. The van der Waals surface area contributed by atoms with E-state index < -0.39 is 0 Å². The molecule has 0 unspecified atom stereocenters. The number of thiophene rings is 1. The van der Waals surface area contributed by atoms with Crippen LogP contribution in [0.4, 0.5) is 5.00 Å². The first kappa shape index (κ1) is 18.4. The van der Waals surface area contributed by atoms with E-state index in [9.17, 15) is 10.4 Å². The zero-order chi connectivity index (χ0) is 19.5. The zero-order valence-electron chi connectivity index (χ0n) is 15.7. The first-order valence-electron chi connectivity index (χ1n) is 9.29. The van der Waals surface area contributed by atoms with E-state index in [-0.39, 0.29) is 5.75 Å². The molecule has 0 saturated carbocycles. The van der Waals surface area contributed by atoms with Crippen LogP contribution >= 0.6 is 11.3 Å². The summed E-state index contributed by atoms with van der Waals surface area (Å²) in [5.74, 6) is 0.236. The number of benzene rings is 2. The Morgan fingerprint density at radius 3 is 2.82 bits per heavy atom. The Kier molecular flexibility index (Phi) is 5.25. The Morgan fingerprint density at radius 1 is 1.21 bits per heavy atom. The second-order valence-electron chi connectivity index (χ2n) is 7.01. The molecule has 4 nitrogen and oxygen atoms in total. The van der Waals surface area contributed by atoms with Crippen molar-refractivity contribution in [2.24, 2.45) is 4.99 Å². The normalized spacial score (nSPS) is 14.1. The predicted octanol–water partition coefficient (Wildman–Crippen LogP) is 4.94. The van der Waals surface area contributed by atoms with Crippen LogP contribution in [0.2, 0.25) is 0 Å². The molecular formula is C23H21N3OS. The van der Waals surface area contributed by atoms with Crippen LogP contribution in [-0.2, 0) is 19.5 Å². The van der Waals surface area contributed by atoms with Crippen LogP contribution in [0, 0.1) is 18.3 Å². The van der Waals surface area contributed by atoms with Gasteiger partial charge in [0.05, 0.1) is 5.56 Å². The molecule has 4 rings (SSSR count). The molecule has 1 aliphatic rings. The van der Waals surface area contributed by atoms with Crippen molar-refractivity contribution < 1.29 is 5.11 Å². The van der Waals surface area contributed by atoms with Crippen molar-refractivity contribution in [1.82, 2.24) is 4.90 Å². The van der Waals surface area contributed by atoms with Crippen molar-refractivity contribution in [3.8, 4) is 11.8 Å². The summed E-state index contributed by atoms with van der Waals surface area (Å²) in [4.78, 5) is 8.19. The lowest BCUT2D eigenvalue weighted by molar-refractivity contribution is 0.249. The summed E-state index contributed by atoms with van der Waals surface area (Å²) >= 11 is 1.59. The Hall–Kier alpha value is -2.94. The number of nitrogens with zero attached hydrogens (tertiary/aromatic N) is 3. The van der Waals surface area contributed by atoms with Gasteiger partial charge in [0.25, 0.3) is 0 Å². The maximum Gasteiger partial charge on any atom is 0.134 e. The highest BCUT2D eigenvalue weighted by molar-refractivity contribution is 7.16. The molecule has 5 heteroatoms. The molecule has 0 amide bonds. The van der Waals surface area contributed by atoms with Gasteiger partial charge >= 0.3 is 0 Å². The summed E-state index contributed by atoms with van der Waals surface area (Å²) in [5, 5.41) is 20.6. The van der Waals surface area contributed by atoms with Gasteiger partial charge in [0.15, 0.2) is 0 Å². The summed E-state index contributed by atoms with van der Waals surface area (Å²) in [6.45, 7) is 4.55. The highest BCUT2D eigenvalue weighted by Gasteiger charge is 2.24. The topological polar surface area (TPSA) is 59.6 Å². The summed E-state index contributed by atoms with van der Waals surface area (Å²) < 4.78 is 0. The van der Waals surface area contributed by atoms with Gasteiger partial charge in [0.2, 0.25) is 0 Å². The molecule has 0 aliphatic carbocycles. The number of nitriles is 1. The monoisotopic (exact) mass is 387 g/mol. The van der Waals surface area contributed by atoms with Crippen molar-refractivity contribution in [2.45, 2.75) is 26.4 Å². The largest absolute Gasteiger partial charge is 0.507 e. The highest BCUT2D eigenvalue weighted by Crippen LogP contribution is 2.39. The van der Waals surface area contributed by atoms with Crippen LogP contribution in [0.5, 0.6) is 5.75 Å². The molecule has 0 spiro atoms. The van der Waals surface area contributed by atoms with E-state index in [0.29, 0.717) is 11.1 Å². The summed E-state index contributed by atoms with van der Waals surface area (Å²) in [6, 6.07) is 18.4. The Balaban J connectivity index is 1.57. The van der Waals surface area contributed by atoms with Gasteiger partial charge in [-0.1, -0.05) is 42.5 Å². The van der Waals surface area contributed by atoms with Crippen molar-refractivity contribution in [1.29, 1.82) is 5.26 Å². The molecule has 3 aromatic rings. The number of rotatable bonds is 4. The molecule has 1 aliphatic heterocycles. The van der Waals surface area contributed by atoms with Crippen LogP contribution in [-0.4, -0.2) is 22.8 Å². The fraction of sp³-hybridized carbons (Fsp3) is 0.217. The predicted molar refractivity (Wildman–Crippen MR) is 113 cm³/mol. The SMILES string of the molecule is Cc1cccc(/C=N/c2sc3c(c2C#N)CCN(Cc2ccccc2)C3)c1O. The number of hydrogen-bond donors (Lipinski definition) is 1. The molecule has 140 valence electrons. The number of aryl methyl sites for hydroxylation is 1. The summed E-state index contributed by atoms with van der Waals surface area (Å²) in [5.41, 5.74) is 4.60. The van der Waals surface area contributed by atoms with Crippen LogP contribution in [0.1, 0.15) is 32.7 Å². The Morgan fingerprint density at radius 2 is 2.04 bits per heavy atom. The third-order valence-corrected chi connectivity index (χ3v) is 6.19. The first-order valence-corrected chi connectivity index (χ1v) is 10.1. The van der Waals surface area contributed by atoms with Crippen LogP contribution in [0.15, 0.2) is 53.5 Å². The lowest BCUT2D eigenvalue weighted by Gasteiger charge is -2.26. The molecule has 28 heavy (non-hydrogen) atoms. The summed E-state index contributed by atoms with van der Waals surface area (Å²) in [7, 11) is 0. The molecular weight excluding hydrogens is 366 g/mol. The van der Waals surface area contributed by atoms with Gasteiger partial charge in [0.1, 0.15) is 16.8 Å². The van der Waals surface area contributed by atoms with Gasteiger partial charge in [-0.05, 0) is 36.1 Å². The number of fused-ring (bicyclic) bond motifs is 1. The van der Waals surface area contributed by atoms with Gasteiger partial charge in [0, 0.05) is 36.3 Å². The maximum atomic E-state index is 10.2. The van der Waals surface area contributed by atoms with E-state index in [4.69, 9.17) is 0 Å². The molecule has 1 aromatic heterocycles. The van der Waals surface area contributed by atoms with Crippen LogP contribution < -0.4 is 0 Å². The molecule has 0 atom stereocenters. The minimum atomic E-state index is 0.236. The molecule has 0 fully saturated rings. The van der Waals surface area contributed by atoms with E-state index in [1.165, 1.54) is 10.4 Å². The van der Waals surface area contributed by atoms with Gasteiger partial charge in [-0.3, -0.25) is 4.90 Å². The van der Waals surface area contributed by atoms with Gasteiger partial charge in [-0.2, -0.15) is 5.26 Å².